The number of nitrogens with one attached hydrogen (secondary N) is 1. The molecule has 0 saturated carbocycles. The van der Waals surface area contributed by atoms with Crippen LogP contribution >= 0.6 is 0 Å². The van der Waals surface area contributed by atoms with Crippen molar-refractivity contribution in [2.24, 2.45) is 0 Å². The molecule has 0 spiro atoms. The van der Waals surface area contributed by atoms with Gasteiger partial charge in [-0.2, -0.15) is 0 Å². The zero-order valence-electron chi connectivity index (χ0n) is 12.8. The number of benzene rings is 1. The molecule has 1 heterocycles. The monoisotopic (exact) mass is 263 g/mol. The molecule has 3 heteroatoms. The Kier molecular flexibility index (Phi) is 3.88. The lowest BCUT2D eigenvalue weighted by Crippen LogP contribution is -2.17. The molecule has 0 radical (unpaired) electrons. The van der Waals surface area contributed by atoms with Gasteiger partial charge in [-0.1, -0.05) is 32.4 Å². The molecule has 1 aliphatic heterocycles. The van der Waals surface area contributed by atoms with Crippen LogP contribution in [0.2, 0.25) is 0 Å². The number of hydrogen-bond donors (Lipinski definition) is 1. The molecule has 0 amide bonds. The molecular weight excluding hydrogens is 238 g/mol. The summed E-state index contributed by atoms with van der Waals surface area (Å²) < 4.78 is 11.6. The molecule has 19 heavy (non-hydrogen) atoms. The molecule has 0 aromatic heterocycles. The molecular formula is C16H25NO2. The van der Waals surface area contributed by atoms with Gasteiger partial charge >= 0.3 is 0 Å². The quantitative estimate of drug-likeness (QED) is 0.888. The van der Waals surface area contributed by atoms with Crippen molar-refractivity contribution in [2.75, 3.05) is 13.7 Å². The van der Waals surface area contributed by atoms with Gasteiger partial charge in [-0.25, -0.2) is 0 Å². The second-order valence-electron chi connectivity index (χ2n) is 6.36. The van der Waals surface area contributed by atoms with E-state index in [0.717, 1.165) is 17.9 Å². The lowest BCUT2D eigenvalue weighted by molar-refractivity contribution is 0.0514. The molecule has 1 saturated heterocycles. The second-order valence-corrected chi connectivity index (χ2v) is 6.36. The van der Waals surface area contributed by atoms with Gasteiger partial charge in [-0.05, 0) is 25.3 Å². The second kappa shape index (κ2) is 5.14. The largest absolute Gasteiger partial charge is 0.496 e. The lowest BCUT2D eigenvalue weighted by Gasteiger charge is -2.26. The van der Waals surface area contributed by atoms with Gasteiger partial charge in [0.15, 0.2) is 0 Å². The zero-order chi connectivity index (χ0) is 14.2. The van der Waals surface area contributed by atoms with E-state index in [1.54, 1.807) is 7.11 Å². The number of methoxy groups -OCH3 is 1. The molecule has 2 atom stereocenters. The van der Waals surface area contributed by atoms with E-state index in [9.17, 15) is 0 Å². The lowest BCUT2D eigenvalue weighted by atomic mass is 9.83. The van der Waals surface area contributed by atoms with Crippen molar-refractivity contribution in [3.05, 3.63) is 28.8 Å². The van der Waals surface area contributed by atoms with E-state index in [4.69, 9.17) is 9.47 Å². The fourth-order valence-electron chi connectivity index (χ4n) is 2.62. The van der Waals surface area contributed by atoms with Crippen molar-refractivity contribution in [1.29, 1.82) is 0 Å². The highest BCUT2D eigenvalue weighted by Gasteiger charge is 2.29. The molecule has 1 aliphatic rings. The van der Waals surface area contributed by atoms with Crippen molar-refractivity contribution in [2.45, 2.75) is 52.4 Å². The summed E-state index contributed by atoms with van der Waals surface area (Å²) in [6.07, 6.45) is 0.180. The summed E-state index contributed by atoms with van der Waals surface area (Å²) in [4.78, 5) is 0. The van der Waals surface area contributed by atoms with E-state index in [1.807, 2.05) is 6.92 Å². The first-order chi connectivity index (χ1) is 8.82. The first kappa shape index (κ1) is 14.4. The maximum absolute atomic E-state index is 5.92. The van der Waals surface area contributed by atoms with Crippen LogP contribution < -0.4 is 10.1 Å². The standard InChI is InChI=1S/C16H25NO2/c1-10-7-12(14-9-17-11(2)19-14)15(18-6)13(8-10)16(3,4)5/h7-8,11,14,17H,9H2,1-6H3. The van der Waals surface area contributed by atoms with Gasteiger partial charge in [0.25, 0.3) is 0 Å². The Hall–Kier alpha value is -1.06. The molecule has 1 aromatic rings. The average Bonchev–Trinajstić information content (AvgIpc) is 2.73. The molecule has 1 aromatic carbocycles. The van der Waals surface area contributed by atoms with Crippen LogP contribution in [0.5, 0.6) is 5.75 Å². The molecule has 2 unspecified atom stereocenters. The Labute approximate surface area is 116 Å². The third-order valence-corrected chi connectivity index (χ3v) is 3.58. The maximum atomic E-state index is 5.92. The summed E-state index contributed by atoms with van der Waals surface area (Å²) in [6, 6.07) is 4.40. The Bertz CT molecular complexity index is 463. The first-order valence-corrected chi connectivity index (χ1v) is 6.90. The van der Waals surface area contributed by atoms with E-state index in [1.165, 1.54) is 11.1 Å². The molecule has 0 bridgehead atoms. The van der Waals surface area contributed by atoms with Gasteiger partial charge in [0, 0.05) is 17.7 Å². The highest BCUT2D eigenvalue weighted by Crippen LogP contribution is 2.39. The van der Waals surface area contributed by atoms with Crippen LogP contribution in [0.3, 0.4) is 0 Å². The maximum Gasteiger partial charge on any atom is 0.128 e. The Morgan fingerprint density at radius 3 is 2.47 bits per heavy atom. The summed E-state index contributed by atoms with van der Waals surface area (Å²) in [6.45, 7) is 11.6. The fourth-order valence-corrected chi connectivity index (χ4v) is 2.62. The van der Waals surface area contributed by atoms with Crippen molar-refractivity contribution in [3.63, 3.8) is 0 Å². The Morgan fingerprint density at radius 2 is 2.00 bits per heavy atom. The average molecular weight is 263 g/mol. The SMILES string of the molecule is COc1c(C2CNC(C)O2)cc(C)cc1C(C)(C)C. The van der Waals surface area contributed by atoms with Crippen LogP contribution in [0.15, 0.2) is 12.1 Å². The number of hydrogen-bond acceptors (Lipinski definition) is 3. The van der Waals surface area contributed by atoms with Crippen molar-refractivity contribution in [1.82, 2.24) is 5.32 Å². The van der Waals surface area contributed by atoms with E-state index in [-0.39, 0.29) is 17.7 Å². The van der Waals surface area contributed by atoms with E-state index >= 15 is 0 Å². The minimum atomic E-state index is 0.0593. The van der Waals surface area contributed by atoms with Crippen molar-refractivity contribution < 1.29 is 9.47 Å². The van der Waals surface area contributed by atoms with E-state index in [0.29, 0.717) is 0 Å². The van der Waals surface area contributed by atoms with Gasteiger partial charge in [0.2, 0.25) is 0 Å². The van der Waals surface area contributed by atoms with Crippen LogP contribution in [0.1, 0.15) is 50.5 Å². The Morgan fingerprint density at radius 1 is 1.32 bits per heavy atom. The van der Waals surface area contributed by atoms with E-state index in [2.05, 4.69) is 45.1 Å². The van der Waals surface area contributed by atoms with Crippen LogP contribution in [-0.4, -0.2) is 19.9 Å². The Balaban J connectivity index is 2.51. The number of aryl methyl sites for hydroxylation is 1. The fraction of sp³-hybridized carbons (Fsp3) is 0.625. The van der Waals surface area contributed by atoms with Crippen LogP contribution in [0.4, 0.5) is 0 Å². The smallest absolute Gasteiger partial charge is 0.128 e. The topological polar surface area (TPSA) is 30.5 Å². The minimum absolute atomic E-state index is 0.0593. The predicted molar refractivity (Wildman–Crippen MR) is 77.7 cm³/mol. The van der Waals surface area contributed by atoms with Gasteiger partial charge in [0.1, 0.15) is 18.1 Å². The first-order valence-electron chi connectivity index (χ1n) is 6.90. The summed E-state index contributed by atoms with van der Waals surface area (Å²) in [5.74, 6) is 0.971. The van der Waals surface area contributed by atoms with Gasteiger partial charge < -0.3 is 9.47 Å². The summed E-state index contributed by atoms with van der Waals surface area (Å²) in [5.41, 5.74) is 3.71. The van der Waals surface area contributed by atoms with Gasteiger partial charge in [-0.3, -0.25) is 5.32 Å². The molecule has 1 N–H and O–H groups in total. The van der Waals surface area contributed by atoms with Gasteiger partial charge in [-0.15, -0.1) is 0 Å². The summed E-state index contributed by atoms with van der Waals surface area (Å²) in [7, 11) is 1.75. The molecule has 106 valence electrons. The van der Waals surface area contributed by atoms with Gasteiger partial charge in [0.05, 0.1) is 7.11 Å². The van der Waals surface area contributed by atoms with E-state index < -0.39 is 0 Å². The molecule has 2 rings (SSSR count). The molecule has 3 nitrogen and oxygen atoms in total. The van der Waals surface area contributed by atoms with Crippen LogP contribution in [0, 0.1) is 6.92 Å². The highest BCUT2D eigenvalue weighted by molar-refractivity contribution is 5.49. The molecule has 1 fully saturated rings. The zero-order valence-corrected chi connectivity index (χ0v) is 12.8. The van der Waals surface area contributed by atoms with Crippen LogP contribution in [-0.2, 0) is 10.2 Å². The predicted octanol–water partition coefficient (Wildman–Crippen LogP) is 3.31. The minimum Gasteiger partial charge on any atom is -0.496 e. The van der Waals surface area contributed by atoms with Crippen molar-refractivity contribution >= 4 is 0 Å². The normalized spacial score (nSPS) is 23.7. The summed E-state index contributed by atoms with van der Waals surface area (Å²) in [5, 5.41) is 3.32. The van der Waals surface area contributed by atoms with Crippen LogP contribution in [0.25, 0.3) is 0 Å². The number of rotatable bonds is 2. The van der Waals surface area contributed by atoms with Crippen molar-refractivity contribution in [3.8, 4) is 5.75 Å². The molecule has 0 aliphatic carbocycles. The summed E-state index contributed by atoms with van der Waals surface area (Å²) >= 11 is 0. The highest BCUT2D eigenvalue weighted by atomic mass is 16.5. The number of ether oxygens (including phenoxy) is 2. The third-order valence-electron chi connectivity index (χ3n) is 3.58. The third kappa shape index (κ3) is 2.93.